The average molecular weight is 307 g/mol. The van der Waals surface area contributed by atoms with E-state index < -0.39 is 0 Å². The summed E-state index contributed by atoms with van der Waals surface area (Å²) >= 11 is 5.97. The zero-order valence-electron chi connectivity index (χ0n) is 12.1. The number of Topliss-reactive ketones (excluding diaryl/α,β-unsaturated/α-hetero) is 1. The van der Waals surface area contributed by atoms with Gasteiger partial charge in [0.1, 0.15) is 5.76 Å². The third-order valence-corrected chi connectivity index (χ3v) is 4.89. The van der Waals surface area contributed by atoms with Crippen LogP contribution in [0.4, 0.5) is 0 Å². The molecule has 0 amide bonds. The summed E-state index contributed by atoms with van der Waals surface area (Å²) in [5.74, 6) is 0.254. The molecule has 0 aromatic heterocycles. The van der Waals surface area contributed by atoms with E-state index in [2.05, 4.69) is 0 Å². The number of rotatable bonds is 1. The lowest BCUT2D eigenvalue weighted by Crippen LogP contribution is -2.36. The quantitative estimate of drug-likeness (QED) is 0.850. The van der Waals surface area contributed by atoms with Gasteiger partial charge in [0.25, 0.3) is 0 Å². The van der Waals surface area contributed by atoms with Gasteiger partial charge in [0, 0.05) is 31.1 Å². The number of halogens is 1. The Morgan fingerprint density at radius 2 is 1.95 bits per heavy atom. The molecule has 1 aliphatic carbocycles. The summed E-state index contributed by atoms with van der Waals surface area (Å²) in [6.45, 7) is 3.26. The van der Waals surface area contributed by atoms with Crippen LogP contribution in [0.2, 0.25) is 5.02 Å². The van der Waals surface area contributed by atoms with Gasteiger partial charge in [0.15, 0.2) is 5.78 Å². The van der Waals surface area contributed by atoms with Crippen LogP contribution in [0.25, 0.3) is 5.57 Å². The molecule has 112 valence electrons. The molecular formula is C17H19ClO3. The zero-order chi connectivity index (χ0) is 15.0. The molecule has 3 rings (SSSR count). The minimum Gasteiger partial charge on any atom is -0.512 e. The number of aliphatic hydroxyl groups is 1. The molecule has 1 aromatic carbocycles. The van der Waals surface area contributed by atoms with E-state index in [4.69, 9.17) is 16.3 Å². The van der Waals surface area contributed by atoms with Crippen molar-refractivity contribution >= 4 is 23.0 Å². The maximum absolute atomic E-state index is 12.6. The summed E-state index contributed by atoms with van der Waals surface area (Å²) in [5.41, 5.74) is 2.08. The van der Waals surface area contributed by atoms with Crippen molar-refractivity contribution in [3.8, 4) is 0 Å². The first kappa shape index (κ1) is 14.6. The predicted octanol–water partition coefficient (Wildman–Crippen LogP) is 4.08. The smallest absolute Gasteiger partial charge is 0.167 e. The van der Waals surface area contributed by atoms with Crippen molar-refractivity contribution in [3.63, 3.8) is 0 Å². The van der Waals surface area contributed by atoms with E-state index in [0.29, 0.717) is 36.7 Å². The standard InChI is InChI=1S/C17H19ClO3/c1-11-8-12(18)2-3-13(11)16-14(19)9-17(10-15(16)20)4-6-21-7-5-17/h2-3,8,19H,4-7,9-10H2,1H3. The normalized spacial score (nSPS) is 21.9. The molecule has 1 heterocycles. The minimum absolute atomic E-state index is 0.0334. The predicted molar refractivity (Wildman–Crippen MR) is 82.5 cm³/mol. The molecule has 1 saturated heterocycles. The number of allylic oxidation sites excluding steroid dienone is 2. The Bertz CT molecular complexity index is 612. The van der Waals surface area contributed by atoms with E-state index in [1.807, 2.05) is 19.1 Å². The Morgan fingerprint density at radius 3 is 2.57 bits per heavy atom. The number of benzene rings is 1. The van der Waals surface area contributed by atoms with Crippen LogP contribution < -0.4 is 0 Å². The number of hydrogen-bond acceptors (Lipinski definition) is 3. The van der Waals surface area contributed by atoms with Crippen molar-refractivity contribution in [1.29, 1.82) is 0 Å². The highest BCUT2D eigenvalue weighted by molar-refractivity contribution is 6.31. The van der Waals surface area contributed by atoms with Crippen LogP contribution in [0.3, 0.4) is 0 Å². The SMILES string of the molecule is Cc1cc(Cl)ccc1C1=C(O)CC2(CCOCC2)CC1=O. The van der Waals surface area contributed by atoms with Gasteiger partial charge in [-0.3, -0.25) is 4.79 Å². The van der Waals surface area contributed by atoms with Gasteiger partial charge in [-0.2, -0.15) is 0 Å². The zero-order valence-corrected chi connectivity index (χ0v) is 12.9. The van der Waals surface area contributed by atoms with E-state index in [-0.39, 0.29) is 17.0 Å². The lowest BCUT2D eigenvalue weighted by Gasteiger charge is -2.39. The summed E-state index contributed by atoms with van der Waals surface area (Å²) in [7, 11) is 0. The number of ether oxygens (including phenoxy) is 1. The fourth-order valence-electron chi connectivity index (χ4n) is 3.47. The molecule has 2 aliphatic rings. The molecule has 21 heavy (non-hydrogen) atoms. The van der Waals surface area contributed by atoms with Crippen molar-refractivity contribution in [2.45, 2.75) is 32.6 Å². The highest BCUT2D eigenvalue weighted by Crippen LogP contribution is 2.46. The summed E-state index contributed by atoms with van der Waals surface area (Å²) < 4.78 is 5.39. The molecule has 1 aromatic rings. The lowest BCUT2D eigenvalue weighted by molar-refractivity contribution is -0.118. The van der Waals surface area contributed by atoms with Crippen LogP contribution in [0, 0.1) is 12.3 Å². The Morgan fingerprint density at radius 1 is 1.24 bits per heavy atom. The summed E-state index contributed by atoms with van der Waals surface area (Å²) in [5, 5.41) is 11.1. The second-order valence-corrected chi connectivity index (χ2v) is 6.61. The molecule has 1 N–H and O–H groups in total. The van der Waals surface area contributed by atoms with E-state index in [1.54, 1.807) is 6.07 Å². The number of carbonyl (C=O) groups is 1. The molecule has 1 fully saturated rings. The molecule has 0 atom stereocenters. The first-order valence-electron chi connectivity index (χ1n) is 7.30. The number of hydrogen-bond donors (Lipinski definition) is 1. The summed E-state index contributed by atoms with van der Waals surface area (Å²) in [4.78, 5) is 12.6. The molecule has 3 nitrogen and oxygen atoms in total. The fraction of sp³-hybridized carbons (Fsp3) is 0.471. The second kappa shape index (κ2) is 5.47. The van der Waals surface area contributed by atoms with Crippen LogP contribution in [0.5, 0.6) is 0 Å². The highest BCUT2D eigenvalue weighted by Gasteiger charge is 2.41. The van der Waals surface area contributed by atoms with Crippen molar-refractivity contribution in [3.05, 3.63) is 40.1 Å². The average Bonchev–Trinajstić information content (AvgIpc) is 2.41. The van der Waals surface area contributed by atoms with Gasteiger partial charge in [-0.25, -0.2) is 0 Å². The Hall–Kier alpha value is -1.32. The number of aliphatic hydroxyl groups excluding tert-OH is 1. The first-order chi connectivity index (χ1) is 10.0. The molecular weight excluding hydrogens is 288 g/mol. The van der Waals surface area contributed by atoms with E-state index in [9.17, 15) is 9.90 Å². The number of aryl methyl sites for hydroxylation is 1. The van der Waals surface area contributed by atoms with Gasteiger partial charge in [-0.05, 0) is 48.4 Å². The highest BCUT2D eigenvalue weighted by atomic mass is 35.5. The van der Waals surface area contributed by atoms with Gasteiger partial charge in [0.05, 0.1) is 5.57 Å². The summed E-state index contributed by atoms with van der Waals surface area (Å²) in [6.07, 6.45) is 2.75. The van der Waals surface area contributed by atoms with Crippen LogP contribution in [0.15, 0.2) is 24.0 Å². The second-order valence-electron chi connectivity index (χ2n) is 6.17. The van der Waals surface area contributed by atoms with Gasteiger partial charge < -0.3 is 9.84 Å². The number of ketones is 1. The van der Waals surface area contributed by atoms with E-state index in [0.717, 1.165) is 24.0 Å². The van der Waals surface area contributed by atoms with Gasteiger partial charge >= 0.3 is 0 Å². The van der Waals surface area contributed by atoms with Gasteiger partial charge in [0.2, 0.25) is 0 Å². The van der Waals surface area contributed by atoms with Crippen molar-refractivity contribution in [2.75, 3.05) is 13.2 Å². The maximum Gasteiger partial charge on any atom is 0.167 e. The van der Waals surface area contributed by atoms with Gasteiger partial charge in [-0.1, -0.05) is 17.7 Å². The van der Waals surface area contributed by atoms with Crippen LogP contribution in [-0.2, 0) is 9.53 Å². The topological polar surface area (TPSA) is 46.5 Å². The van der Waals surface area contributed by atoms with E-state index in [1.165, 1.54) is 0 Å². The van der Waals surface area contributed by atoms with Crippen molar-refractivity contribution in [1.82, 2.24) is 0 Å². The monoisotopic (exact) mass is 306 g/mol. The first-order valence-corrected chi connectivity index (χ1v) is 7.68. The maximum atomic E-state index is 12.6. The third-order valence-electron chi connectivity index (χ3n) is 4.66. The van der Waals surface area contributed by atoms with Crippen LogP contribution >= 0.6 is 11.6 Å². The van der Waals surface area contributed by atoms with Gasteiger partial charge in [-0.15, -0.1) is 0 Å². The molecule has 0 radical (unpaired) electrons. The van der Waals surface area contributed by atoms with Crippen molar-refractivity contribution < 1.29 is 14.6 Å². The largest absolute Gasteiger partial charge is 0.512 e. The molecule has 4 heteroatoms. The minimum atomic E-state index is -0.108. The molecule has 1 spiro atoms. The Labute approximate surface area is 129 Å². The Kier molecular flexibility index (Phi) is 3.80. The lowest BCUT2D eigenvalue weighted by atomic mass is 9.68. The summed E-state index contributed by atoms with van der Waals surface area (Å²) in [6, 6.07) is 5.41. The molecule has 0 bridgehead atoms. The molecule has 0 saturated carbocycles. The molecule has 1 aliphatic heterocycles. The van der Waals surface area contributed by atoms with Crippen LogP contribution in [0.1, 0.15) is 36.8 Å². The molecule has 0 unspecified atom stereocenters. The van der Waals surface area contributed by atoms with Crippen LogP contribution in [-0.4, -0.2) is 24.1 Å². The fourth-order valence-corrected chi connectivity index (χ4v) is 3.69. The van der Waals surface area contributed by atoms with Crippen molar-refractivity contribution in [2.24, 2.45) is 5.41 Å². The van der Waals surface area contributed by atoms with E-state index >= 15 is 0 Å². The Balaban J connectivity index is 1.99. The third kappa shape index (κ3) is 2.72. The number of carbonyl (C=O) groups excluding carboxylic acids is 1.